The number of hydrogen-bond donors (Lipinski definition) is 0. The number of para-hydroxylation sites is 1. The molecule has 0 N–H and O–H groups in total. The Hall–Kier alpha value is -3.32. The number of hydrogen-bond acceptors (Lipinski definition) is 1. The van der Waals surface area contributed by atoms with E-state index < -0.39 is 0 Å². The van der Waals surface area contributed by atoms with Gasteiger partial charge in [-0.05, 0) is 47.0 Å². The van der Waals surface area contributed by atoms with Crippen molar-refractivity contribution in [3.05, 3.63) is 115 Å². The summed E-state index contributed by atoms with van der Waals surface area (Å²) < 4.78 is 0. The van der Waals surface area contributed by atoms with Gasteiger partial charge in [0.1, 0.15) is 0 Å². The van der Waals surface area contributed by atoms with Crippen LogP contribution in [0.4, 0.5) is 11.4 Å². The van der Waals surface area contributed by atoms with Crippen molar-refractivity contribution in [2.75, 3.05) is 4.90 Å². The van der Waals surface area contributed by atoms with Crippen molar-refractivity contribution >= 4 is 16.9 Å². The van der Waals surface area contributed by atoms with Crippen LogP contribution in [0.15, 0.2) is 110 Å². The Balaban J connectivity index is 1.88. The highest BCUT2D eigenvalue weighted by atomic mass is 15.1. The molecule has 1 heterocycles. The van der Waals surface area contributed by atoms with Gasteiger partial charge >= 0.3 is 0 Å². The van der Waals surface area contributed by atoms with Crippen LogP contribution in [-0.4, -0.2) is 0 Å². The average molecular weight is 321 g/mol. The smallest absolute Gasteiger partial charge is 0.0534 e. The van der Waals surface area contributed by atoms with Gasteiger partial charge in [-0.2, -0.15) is 0 Å². The Kier molecular flexibility index (Phi) is 4.05. The standard InChI is InChI=1S/C24H19N/c1-19-10-8-9-17-25(22-13-6-3-7-14-22)24-16-15-21(18-23(19)24)20-11-4-2-5-12-20/h2-18H,1H2/b10-8-,17-9-. The van der Waals surface area contributed by atoms with Gasteiger partial charge < -0.3 is 4.90 Å². The molecule has 1 nitrogen and oxygen atoms in total. The van der Waals surface area contributed by atoms with E-state index in [1.165, 1.54) is 11.1 Å². The fourth-order valence-electron chi connectivity index (χ4n) is 3.10. The first-order chi connectivity index (χ1) is 12.3. The monoisotopic (exact) mass is 321 g/mol. The molecule has 0 saturated heterocycles. The fraction of sp³-hybridized carbons (Fsp3) is 0. The lowest BCUT2D eigenvalue weighted by atomic mass is 9.96. The second-order valence-corrected chi connectivity index (χ2v) is 6.03. The molecular weight excluding hydrogens is 302 g/mol. The lowest BCUT2D eigenvalue weighted by Crippen LogP contribution is -2.11. The predicted molar refractivity (Wildman–Crippen MR) is 108 cm³/mol. The summed E-state index contributed by atoms with van der Waals surface area (Å²) in [5.74, 6) is 0. The summed E-state index contributed by atoms with van der Waals surface area (Å²) in [5, 5.41) is 0. The number of fused-ring (bicyclic) bond motifs is 1. The molecule has 3 aromatic rings. The minimum Gasteiger partial charge on any atom is -0.317 e. The van der Waals surface area contributed by atoms with E-state index in [2.05, 4.69) is 90.5 Å². The van der Waals surface area contributed by atoms with E-state index in [-0.39, 0.29) is 0 Å². The van der Waals surface area contributed by atoms with Gasteiger partial charge in [-0.1, -0.05) is 73.3 Å². The maximum Gasteiger partial charge on any atom is 0.0534 e. The Morgan fingerprint density at radius 2 is 1.40 bits per heavy atom. The van der Waals surface area contributed by atoms with E-state index in [0.717, 1.165) is 22.5 Å². The highest BCUT2D eigenvalue weighted by molar-refractivity contribution is 5.88. The predicted octanol–water partition coefficient (Wildman–Crippen LogP) is 6.59. The van der Waals surface area contributed by atoms with Crippen LogP contribution in [0.2, 0.25) is 0 Å². The molecule has 4 rings (SSSR count). The zero-order chi connectivity index (χ0) is 17.1. The van der Waals surface area contributed by atoms with E-state index in [1.807, 2.05) is 24.3 Å². The summed E-state index contributed by atoms with van der Waals surface area (Å²) in [6.07, 6.45) is 8.24. The van der Waals surface area contributed by atoms with Gasteiger partial charge in [0.2, 0.25) is 0 Å². The molecule has 0 radical (unpaired) electrons. The zero-order valence-corrected chi connectivity index (χ0v) is 14.0. The Labute approximate surface area is 148 Å². The molecule has 0 aliphatic carbocycles. The molecule has 0 bridgehead atoms. The summed E-state index contributed by atoms with van der Waals surface area (Å²) >= 11 is 0. The molecule has 0 fully saturated rings. The van der Waals surface area contributed by atoms with Gasteiger partial charge in [-0.25, -0.2) is 0 Å². The van der Waals surface area contributed by atoms with Crippen LogP contribution < -0.4 is 4.90 Å². The molecule has 0 amide bonds. The molecule has 1 aliphatic heterocycles. The van der Waals surface area contributed by atoms with Crippen LogP contribution in [0.5, 0.6) is 0 Å². The average Bonchev–Trinajstić information content (AvgIpc) is 2.67. The minimum absolute atomic E-state index is 1.01. The van der Waals surface area contributed by atoms with Crippen molar-refractivity contribution < 1.29 is 0 Å². The van der Waals surface area contributed by atoms with Gasteiger partial charge in [-0.3, -0.25) is 0 Å². The van der Waals surface area contributed by atoms with E-state index >= 15 is 0 Å². The summed E-state index contributed by atoms with van der Waals surface area (Å²) in [7, 11) is 0. The first kappa shape index (κ1) is 15.2. The van der Waals surface area contributed by atoms with Crippen molar-refractivity contribution in [3.63, 3.8) is 0 Å². The topological polar surface area (TPSA) is 3.24 Å². The zero-order valence-electron chi connectivity index (χ0n) is 14.0. The van der Waals surface area contributed by atoms with E-state index in [1.54, 1.807) is 0 Å². The van der Waals surface area contributed by atoms with Crippen molar-refractivity contribution in [2.45, 2.75) is 0 Å². The van der Waals surface area contributed by atoms with Gasteiger partial charge in [-0.15, -0.1) is 0 Å². The van der Waals surface area contributed by atoms with E-state index in [9.17, 15) is 0 Å². The lowest BCUT2D eigenvalue weighted by molar-refractivity contribution is 1.27. The third-order valence-corrected chi connectivity index (χ3v) is 4.39. The molecule has 120 valence electrons. The summed E-state index contributed by atoms with van der Waals surface area (Å²) in [4.78, 5) is 2.21. The molecule has 1 heteroatoms. The number of anilines is 2. The molecule has 0 atom stereocenters. The number of rotatable bonds is 2. The van der Waals surface area contributed by atoms with E-state index in [4.69, 9.17) is 0 Å². The number of allylic oxidation sites excluding steroid dienone is 4. The first-order valence-corrected chi connectivity index (χ1v) is 8.41. The third kappa shape index (κ3) is 3.05. The van der Waals surface area contributed by atoms with Crippen LogP contribution in [0, 0.1) is 0 Å². The molecule has 1 aliphatic rings. The fourth-order valence-corrected chi connectivity index (χ4v) is 3.10. The molecule has 3 aromatic carbocycles. The SMILES string of the molecule is C=C1/C=C\C=C/N(c2ccccc2)c2ccc(-c3ccccc3)cc21. The highest BCUT2D eigenvalue weighted by Gasteiger charge is 2.14. The molecule has 0 unspecified atom stereocenters. The van der Waals surface area contributed by atoms with Crippen LogP contribution in [0.25, 0.3) is 16.7 Å². The van der Waals surface area contributed by atoms with Crippen molar-refractivity contribution in [1.82, 2.24) is 0 Å². The molecule has 0 aromatic heterocycles. The van der Waals surface area contributed by atoms with Crippen LogP contribution in [0.3, 0.4) is 0 Å². The molecule has 0 saturated carbocycles. The van der Waals surface area contributed by atoms with Crippen LogP contribution >= 0.6 is 0 Å². The number of benzene rings is 3. The quantitative estimate of drug-likeness (QED) is 0.514. The highest BCUT2D eigenvalue weighted by Crippen LogP contribution is 2.36. The Morgan fingerprint density at radius 1 is 0.680 bits per heavy atom. The second-order valence-electron chi connectivity index (χ2n) is 6.03. The van der Waals surface area contributed by atoms with Crippen LogP contribution in [0.1, 0.15) is 5.56 Å². The Morgan fingerprint density at radius 3 is 2.16 bits per heavy atom. The molecular formula is C24H19N. The van der Waals surface area contributed by atoms with Gasteiger partial charge in [0, 0.05) is 17.5 Å². The second kappa shape index (κ2) is 6.66. The third-order valence-electron chi connectivity index (χ3n) is 4.39. The maximum absolute atomic E-state index is 4.27. The van der Waals surface area contributed by atoms with E-state index in [0.29, 0.717) is 0 Å². The van der Waals surface area contributed by atoms with Crippen molar-refractivity contribution in [3.8, 4) is 11.1 Å². The van der Waals surface area contributed by atoms with Crippen molar-refractivity contribution in [2.24, 2.45) is 0 Å². The van der Waals surface area contributed by atoms with Gasteiger partial charge in [0.05, 0.1) is 5.69 Å². The Bertz CT molecular complexity index is 950. The lowest BCUT2D eigenvalue weighted by Gasteiger charge is -2.25. The number of nitrogens with zero attached hydrogens (tertiary/aromatic N) is 1. The maximum atomic E-state index is 4.27. The summed E-state index contributed by atoms with van der Waals surface area (Å²) in [6.45, 7) is 4.27. The first-order valence-electron chi connectivity index (χ1n) is 8.41. The molecule has 25 heavy (non-hydrogen) atoms. The normalized spacial score (nSPS) is 15.8. The molecule has 0 spiro atoms. The summed E-state index contributed by atoms with van der Waals surface area (Å²) in [6, 6.07) is 27.4. The van der Waals surface area contributed by atoms with Gasteiger partial charge in [0.25, 0.3) is 0 Å². The van der Waals surface area contributed by atoms with Crippen molar-refractivity contribution in [1.29, 1.82) is 0 Å². The minimum atomic E-state index is 1.01. The summed E-state index contributed by atoms with van der Waals surface area (Å²) in [5.41, 5.74) is 6.84. The van der Waals surface area contributed by atoms with Crippen LogP contribution in [-0.2, 0) is 0 Å². The largest absolute Gasteiger partial charge is 0.317 e. The van der Waals surface area contributed by atoms with Gasteiger partial charge in [0.15, 0.2) is 0 Å².